The highest BCUT2D eigenvalue weighted by Gasteiger charge is 2.25. The summed E-state index contributed by atoms with van der Waals surface area (Å²) in [5.74, 6) is -0.127. The number of benzene rings is 1. The van der Waals surface area contributed by atoms with Crippen molar-refractivity contribution >= 4 is 44.3 Å². The molecule has 1 aromatic carbocycles. The monoisotopic (exact) mass is 350 g/mol. The number of ether oxygens (including phenoxy) is 4. The summed E-state index contributed by atoms with van der Waals surface area (Å²) in [4.78, 5) is 24.0. The molecule has 2 heterocycles. The molecule has 0 spiro atoms. The second kappa shape index (κ2) is 6.04. The predicted octanol–water partition coefficient (Wildman–Crippen LogP) is 3.24. The van der Waals surface area contributed by atoms with Gasteiger partial charge in [0.1, 0.15) is 10.6 Å². The number of thiophene rings is 1. The van der Waals surface area contributed by atoms with E-state index >= 15 is 0 Å². The molecular weight excluding hydrogens is 336 g/mol. The fourth-order valence-corrected chi connectivity index (χ4v) is 3.61. The van der Waals surface area contributed by atoms with Crippen LogP contribution in [-0.4, -0.2) is 40.4 Å². The van der Waals surface area contributed by atoms with E-state index in [-0.39, 0.29) is 5.76 Å². The van der Waals surface area contributed by atoms with Crippen LogP contribution in [0.3, 0.4) is 0 Å². The summed E-state index contributed by atoms with van der Waals surface area (Å²) < 4.78 is 26.6. The fourth-order valence-electron chi connectivity index (χ4n) is 2.51. The Morgan fingerprint density at radius 1 is 0.917 bits per heavy atom. The Hall–Kier alpha value is -2.74. The summed E-state index contributed by atoms with van der Waals surface area (Å²) in [6.07, 6.45) is 0. The average Bonchev–Trinajstić information content (AvgIpc) is 3.22. The smallest absolute Gasteiger partial charge is 0.373 e. The number of esters is 2. The summed E-state index contributed by atoms with van der Waals surface area (Å²) in [5.41, 5.74) is 0.348. The van der Waals surface area contributed by atoms with Gasteiger partial charge in [0.15, 0.2) is 11.3 Å². The molecule has 126 valence electrons. The molecule has 0 unspecified atom stereocenters. The number of carbonyl (C=O) groups excluding carboxylic acids is 2. The molecule has 3 aromatic rings. The average molecular weight is 350 g/mol. The summed E-state index contributed by atoms with van der Waals surface area (Å²) in [6, 6.07) is 3.19. The second-order valence-corrected chi connectivity index (χ2v) is 5.81. The largest absolute Gasteiger partial charge is 0.495 e. The second-order valence-electron chi connectivity index (χ2n) is 4.76. The fraction of sp³-hybridized carbons (Fsp3) is 0.250. The van der Waals surface area contributed by atoms with Gasteiger partial charge < -0.3 is 23.4 Å². The van der Waals surface area contributed by atoms with E-state index in [1.807, 2.05) is 0 Å². The quantitative estimate of drug-likeness (QED) is 0.668. The lowest BCUT2D eigenvalue weighted by molar-refractivity contribution is 0.0566. The highest BCUT2D eigenvalue weighted by atomic mass is 32.1. The van der Waals surface area contributed by atoms with E-state index in [2.05, 4.69) is 4.74 Å². The SMILES string of the molecule is COC(=O)c1cc2c(OC)c3cc(C(=O)OC)sc3c(OC)c2o1. The van der Waals surface area contributed by atoms with E-state index < -0.39 is 11.9 Å². The number of hydrogen-bond acceptors (Lipinski definition) is 8. The molecule has 0 amide bonds. The summed E-state index contributed by atoms with van der Waals surface area (Å²) in [5, 5.41) is 1.22. The number of rotatable bonds is 4. The van der Waals surface area contributed by atoms with Gasteiger partial charge in [0, 0.05) is 11.5 Å². The number of furan rings is 1. The molecule has 0 aliphatic carbocycles. The highest BCUT2D eigenvalue weighted by Crippen LogP contribution is 2.47. The van der Waals surface area contributed by atoms with Gasteiger partial charge in [-0.15, -0.1) is 11.3 Å². The van der Waals surface area contributed by atoms with Crippen molar-refractivity contribution in [3.8, 4) is 11.5 Å². The highest BCUT2D eigenvalue weighted by molar-refractivity contribution is 7.21. The molecule has 2 aromatic heterocycles. The number of hydrogen-bond donors (Lipinski definition) is 0. The lowest BCUT2D eigenvalue weighted by Gasteiger charge is -2.07. The third-order valence-electron chi connectivity index (χ3n) is 3.55. The van der Waals surface area contributed by atoms with Crippen LogP contribution in [0, 0.1) is 0 Å². The van der Waals surface area contributed by atoms with E-state index in [1.54, 1.807) is 6.07 Å². The van der Waals surface area contributed by atoms with Crippen LogP contribution in [-0.2, 0) is 9.47 Å². The summed E-state index contributed by atoms with van der Waals surface area (Å²) >= 11 is 1.19. The normalized spacial score (nSPS) is 10.8. The van der Waals surface area contributed by atoms with Crippen molar-refractivity contribution in [2.24, 2.45) is 0 Å². The van der Waals surface area contributed by atoms with E-state index in [0.29, 0.717) is 37.4 Å². The molecule has 8 heteroatoms. The molecule has 3 rings (SSSR count). The van der Waals surface area contributed by atoms with E-state index in [0.717, 1.165) is 0 Å². The molecule has 0 aliphatic rings. The Kier molecular flexibility index (Phi) is 4.06. The number of methoxy groups -OCH3 is 4. The van der Waals surface area contributed by atoms with E-state index in [4.69, 9.17) is 18.6 Å². The zero-order chi connectivity index (χ0) is 17.4. The van der Waals surface area contributed by atoms with Crippen molar-refractivity contribution in [1.29, 1.82) is 0 Å². The van der Waals surface area contributed by atoms with Crippen LogP contribution in [0.25, 0.3) is 21.1 Å². The lowest BCUT2D eigenvalue weighted by atomic mass is 10.1. The maximum absolute atomic E-state index is 11.8. The molecule has 0 saturated carbocycles. The first-order valence-electron chi connectivity index (χ1n) is 6.83. The van der Waals surface area contributed by atoms with Gasteiger partial charge in [0.25, 0.3) is 0 Å². The van der Waals surface area contributed by atoms with Gasteiger partial charge >= 0.3 is 11.9 Å². The number of fused-ring (bicyclic) bond motifs is 2. The van der Waals surface area contributed by atoms with Gasteiger partial charge in [0.05, 0.1) is 38.5 Å². The molecule has 7 nitrogen and oxygen atoms in total. The van der Waals surface area contributed by atoms with Crippen LogP contribution in [0.1, 0.15) is 20.2 Å². The Morgan fingerprint density at radius 3 is 2.17 bits per heavy atom. The standard InChI is InChI=1S/C16H14O7S/c1-19-11-7-5-9(15(17)21-3)23-12(7)13(20-2)14-8(11)6-10(24-14)16(18)22-4/h5-6H,1-4H3. The molecule has 0 N–H and O–H groups in total. The Balaban J connectivity index is 2.40. The van der Waals surface area contributed by atoms with Gasteiger partial charge in [-0.3, -0.25) is 0 Å². The van der Waals surface area contributed by atoms with Crippen molar-refractivity contribution in [1.82, 2.24) is 0 Å². The first-order valence-corrected chi connectivity index (χ1v) is 7.65. The Morgan fingerprint density at radius 2 is 1.58 bits per heavy atom. The minimum Gasteiger partial charge on any atom is -0.495 e. The zero-order valence-corrected chi connectivity index (χ0v) is 14.2. The minimum atomic E-state index is -0.603. The molecular formula is C16H14O7S. The first-order chi connectivity index (χ1) is 11.5. The summed E-state index contributed by atoms with van der Waals surface area (Å²) in [7, 11) is 5.57. The minimum absolute atomic E-state index is 0.0370. The van der Waals surface area contributed by atoms with Crippen LogP contribution in [0.15, 0.2) is 16.5 Å². The van der Waals surface area contributed by atoms with Gasteiger partial charge in [-0.1, -0.05) is 0 Å². The predicted molar refractivity (Wildman–Crippen MR) is 87.4 cm³/mol. The van der Waals surface area contributed by atoms with Gasteiger partial charge in [-0.2, -0.15) is 0 Å². The molecule has 24 heavy (non-hydrogen) atoms. The summed E-state index contributed by atoms with van der Waals surface area (Å²) in [6.45, 7) is 0. The number of carbonyl (C=O) groups is 2. The van der Waals surface area contributed by atoms with Gasteiger partial charge in [-0.05, 0) is 6.07 Å². The van der Waals surface area contributed by atoms with Crippen LogP contribution in [0.5, 0.6) is 11.5 Å². The molecule has 0 fully saturated rings. The maximum atomic E-state index is 11.8. The molecule has 0 saturated heterocycles. The van der Waals surface area contributed by atoms with Crippen LogP contribution >= 0.6 is 11.3 Å². The van der Waals surface area contributed by atoms with Crippen LogP contribution in [0.4, 0.5) is 0 Å². The van der Waals surface area contributed by atoms with Crippen molar-refractivity contribution < 1.29 is 33.0 Å². The third kappa shape index (κ3) is 2.26. The molecule has 0 radical (unpaired) electrons. The topological polar surface area (TPSA) is 84.2 Å². The van der Waals surface area contributed by atoms with Crippen molar-refractivity contribution in [2.45, 2.75) is 0 Å². The molecule has 0 atom stereocenters. The van der Waals surface area contributed by atoms with E-state index in [9.17, 15) is 9.59 Å². The van der Waals surface area contributed by atoms with Gasteiger partial charge in [-0.25, -0.2) is 9.59 Å². The van der Waals surface area contributed by atoms with Gasteiger partial charge in [0.2, 0.25) is 5.76 Å². The Labute approximate surface area is 140 Å². The van der Waals surface area contributed by atoms with Crippen molar-refractivity contribution in [3.05, 3.63) is 22.8 Å². The zero-order valence-electron chi connectivity index (χ0n) is 13.4. The maximum Gasteiger partial charge on any atom is 0.373 e. The van der Waals surface area contributed by atoms with Crippen LogP contribution < -0.4 is 9.47 Å². The van der Waals surface area contributed by atoms with Crippen molar-refractivity contribution in [2.75, 3.05) is 28.4 Å². The first kappa shape index (κ1) is 16.1. The lowest BCUT2D eigenvalue weighted by Crippen LogP contribution is -1.98. The Bertz CT molecular complexity index is 820. The molecule has 0 aliphatic heterocycles. The van der Waals surface area contributed by atoms with Crippen LogP contribution in [0.2, 0.25) is 0 Å². The third-order valence-corrected chi connectivity index (χ3v) is 4.66. The van der Waals surface area contributed by atoms with E-state index in [1.165, 1.54) is 45.8 Å². The molecule has 0 bridgehead atoms. The van der Waals surface area contributed by atoms with Crippen molar-refractivity contribution in [3.63, 3.8) is 0 Å².